The number of primary amides is 1. The first-order valence-electron chi connectivity index (χ1n) is 8.99. The molecule has 3 rings (SSSR count). The number of hydrogen-bond acceptors (Lipinski definition) is 4. The second-order valence-corrected chi connectivity index (χ2v) is 6.99. The second-order valence-electron chi connectivity index (χ2n) is 6.99. The number of aromatic nitrogens is 2. The van der Waals surface area contributed by atoms with Crippen molar-refractivity contribution in [3.05, 3.63) is 60.2 Å². The fraction of sp³-hybridized carbons (Fsp3) is 0.450. The molecule has 2 aromatic rings. The zero-order valence-electron chi connectivity index (χ0n) is 14.6. The predicted molar refractivity (Wildman–Crippen MR) is 97.6 cm³/mol. The third-order valence-corrected chi connectivity index (χ3v) is 5.12. The summed E-state index contributed by atoms with van der Waals surface area (Å²) in [6.07, 6.45) is 10.0. The van der Waals surface area contributed by atoms with E-state index >= 15 is 0 Å². The fourth-order valence-electron chi connectivity index (χ4n) is 3.79. The van der Waals surface area contributed by atoms with Gasteiger partial charge >= 0.3 is 0 Å². The highest BCUT2D eigenvalue weighted by Gasteiger charge is 2.40. The number of aryl methyl sites for hydroxylation is 1. The van der Waals surface area contributed by atoms with Gasteiger partial charge in [-0.25, -0.2) is 0 Å². The number of carbonyl (C=O) groups is 1. The van der Waals surface area contributed by atoms with Gasteiger partial charge in [0.15, 0.2) is 0 Å². The summed E-state index contributed by atoms with van der Waals surface area (Å²) >= 11 is 0. The van der Waals surface area contributed by atoms with Crippen LogP contribution in [0.4, 0.5) is 0 Å². The molecule has 1 aliphatic rings. The molecule has 1 aliphatic heterocycles. The maximum absolute atomic E-state index is 12.3. The second kappa shape index (κ2) is 8.21. The molecule has 0 aromatic carbocycles. The molecule has 5 heteroatoms. The van der Waals surface area contributed by atoms with Crippen molar-refractivity contribution in [2.75, 3.05) is 13.1 Å². The van der Waals surface area contributed by atoms with Gasteiger partial charge in [-0.05, 0) is 62.4 Å². The van der Waals surface area contributed by atoms with Crippen LogP contribution in [0.3, 0.4) is 0 Å². The monoisotopic (exact) mass is 338 g/mol. The zero-order chi connectivity index (χ0) is 17.5. The van der Waals surface area contributed by atoms with E-state index in [2.05, 4.69) is 20.9 Å². The van der Waals surface area contributed by atoms with Crippen LogP contribution in [0.15, 0.2) is 48.9 Å². The minimum Gasteiger partial charge on any atom is -0.369 e. The summed E-state index contributed by atoms with van der Waals surface area (Å²) in [5.41, 5.74) is 7.67. The van der Waals surface area contributed by atoms with Gasteiger partial charge in [-0.15, -0.1) is 0 Å². The summed E-state index contributed by atoms with van der Waals surface area (Å²) in [6.45, 7) is 2.56. The summed E-state index contributed by atoms with van der Waals surface area (Å²) in [7, 11) is 0. The fourth-order valence-corrected chi connectivity index (χ4v) is 3.79. The number of piperidine rings is 1. The summed E-state index contributed by atoms with van der Waals surface area (Å²) in [6, 6.07) is 9.99. The van der Waals surface area contributed by atoms with Crippen LogP contribution in [0.1, 0.15) is 36.9 Å². The van der Waals surface area contributed by atoms with Gasteiger partial charge in [-0.1, -0.05) is 12.1 Å². The van der Waals surface area contributed by atoms with Crippen LogP contribution in [0.2, 0.25) is 0 Å². The van der Waals surface area contributed by atoms with E-state index in [-0.39, 0.29) is 5.91 Å². The van der Waals surface area contributed by atoms with Gasteiger partial charge in [0.25, 0.3) is 0 Å². The quantitative estimate of drug-likeness (QED) is 0.842. The Labute approximate surface area is 149 Å². The Balaban J connectivity index is 1.61. The van der Waals surface area contributed by atoms with Crippen LogP contribution in [-0.2, 0) is 17.8 Å². The van der Waals surface area contributed by atoms with Crippen molar-refractivity contribution in [2.24, 2.45) is 11.1 Å². The molecule has 0 unspecified atom stereocenters. The van der Waals surface area contributed by atoms with Crippen LogP contribution in [-0.4, -0.2) is 33.9 Å². The van der Waals surface area contributed by atoms with Gasteiger partial charge < -0.3 is 5.73 Å². The first-order valence-corrected chi connectivity index (χ1v) is 8.99. The maximum atomic E-state index is 12.3. The normalized spacial score (nSPS) is 21.1. The standard InChI is InChI=1S/C20H26N4O/c21-19(25)20(9-3-8-18-7-1-2-12-23-18)10-5-13-24(16-20)15-17-6-4-11-22-14-17/h1-2,4,6-7,11-12,14H,3,5,8-10,13,15-16H2,(H2,21,25)/t20-/m1/s1. The molecule has 2 aromatic heterocycles. The Kier molecular flexibility index (Phi) is 5.76. The van der Waals surface area contributed by atoms with Gasteiger partial charge in [0.1, 0.15) is 0 Å². The number of likely N-dealkylation sites (tertiary alicyclic amines) is 1. The molecule has 1 atom stereocenters. The number of nitrogens with two attached hydrogens (primary N) is 1. The lowest BCUT2D eigenvalue weighted by Gasteiger charge is -2.41. The number of nitrogens with zero attached hydrogens (tertiary/aromatic N) is 3. The van der Waals surface area contributed by atoms with Crippen molar-refractivity contribution in [3.63, 3.8) is 0 Å². The smallest absolute Gasteiger partial charge is 0.224 e. The summed E-state index contributed by atoms with van der Waals surface area (Å²) in [4.78, 5) is 23.2. The molecular weight excluding hydrogens is 312 g/mol. The van der Waals surface area contributed by atoms with E-state index in [1.54, 1.807) is 6.20 Å². The zero-order valence-corrected chi connectivity index (χ0v) is 14.6. The topological polar surface area (TPSA) is 72.1 Å². The van der Waals surface area contributed by atoms with E-state index in [4.69, 9.17) is 5.73 Å². The molecule has 0 aliphatic carbocycles. The number of carbonyl (C=O) groups excluding carboxylic acids is 1. The Morgan fingerprint density at radius 2 is 2.16 bits per heavy atom. The van der Waals surface area contributed by atoms with Crippen molar-refractivity contribution in [2.45, 2.75) is 38.6 Å². The predicted octanol–water partition coefficient (Wildman–Crippen LogP) is 2.57. The van der Waals surface area contributed by atoms with E-state index in [1.165, 1.54) is 5.56 Å². The average molecular weight is 338 g/mol. The van der Waals surface area contributed by atoms with Crippen LogP contribution < -0.4 is 5.73 Å². The minimum absolute atomic E-state index is 0.163. The number of amides is 1. The highest BCUT2D eigenvalue weighted by atomic mass is 16.1. The molecule has 1 fully saturated rings. The van der Waals surface area contributed by atoms with Crippen LogP contribution in [0.5, 0.6) is 0 Å². The van der Waals surface area contributed by atoms with E-state index in [0.29, 0.717) is 0 Å². The molecule has 132 valence electrons. The molecule has 0 radical (unpaired) electrons. The van der Waals surface area contributed by atoms with Crippen LogP contribution >= 0.6 is 0 Å². The molecule has 3 heterocycles. The molecule has 25 heavy (non-hydrogen) atoms. The number of pyridine rings is 2. The summed E-state index contributed by atoms with van der Waals surface area (Å²) < 4.78 is 0. The van der Waals surface area contributed by atoms with Crippen molar-refractivity contribution >= 4 is 5.91 Å². The first kappa shape index (κ1) is 17.5. The SMILES string of the molecule is NC(=O)[C@]1(CCCc2ccccn2)CCCN(Cc2cccnc2)C1. The van der Waals surface area contributed by atoms with E-state index in [1.807, 2.05) is 36.7 Å². The minimum atomic E-state index is -0.421. The number of rotatable bonds is 7. The Morgan fingerprint density at radius 1 is 1.24 bits per heavy atom. The van der Waals surface area contributed by atoms with E-state index < -0.39 is 5.41 Å². The number of hydrogen-bond donors (Lipinski definition) is 1. The van der Waals surface area contributed by atoms with Crippen molar-refractivity contribution in [1.82, 2.24) is 14.9 Å². The lowest BCUT2D eigenvalue weighted by atomic mass is 9.75. The molecule has 0 spiro atoms. The van der Waals surface area contributed by atoms with Gasteiger partial charge in [0, 0.05) is 37.4 Å². The van der Waals surface area contributed by atoms with Crippen molar-refractivity contribution < 1.29 is 4.79 Å². The molecule has 0 saturated carbocycles. The Hall–Kier alpha value is -2.27. The molecule has 5 nitrogen and oxygen atoms in total. The first-order chi connectivity index (χ1) is 12.2. The molecule has 1 amide bonds. The third kappa shape index (κ3) is 4.63. The molecule has 1 saturated heterocycles. The highest BCUT2D eigenvalue weighted by Crippen LogP contribution is 2.35. The maximum Gasteiger partial charge on any atom is 0.224 e. The lowest BCUT2D eigenvalue weighted by Crippen LogP contribution is -2.50. The van der Waals surface area contributed by atoms with Gasteiger partial charge in [0.05, 0.1) is 5.41 Å². The van der Waals surface area contributed by atoms with E-state index in [0.717, 1.165) is 57.4 Å². The highest BCUT2D eigenvalue weighted by molar-refractivity contribution is 5.81. The van der Waals surface area contributed by atoms with Crippen molar-refractivity contribution in [3.8, 4) is 0 Å². The lowest BCUT2D eigenvalue weighted by molar-refractivity contribution is -0.131. The summed E-state index contributed by atoms with van der Waals surface area (Å²) in [5, 5.41) is 0. The van der Waals surface area contributed by atoms with Crippen LogP contribution in [0.25, 0.3) is 0 Å². The van der Waals surface area contributed by atoms with Gasteiger partial charge in [0.2, 0.25) is 5.91 Å². The average Bonchev–Trinajstić information content (AvgIpc) is 2.64. The Morgan fingerprint density at radius 3 is 2.88 bits per heavy atom. The molecule has 2 N–H and O–H groups in total. The van der Waals surface area contributed by atoms with Gasteiger partial charge in [-0.2, -0.15) is 0 Å². The van der Waals surface area contributed by atoms with Gasteiger partial charge in [-0.3, -0.25) is 19.7 Å². The van der Waals surface area contributed by atoms with Crippen molar-refractivity contribution in [1.29, 1.82) is 0 Å². The third-order valence-electron chi connectivity index (χ3n) is 5.12. The van der Waals surface area contributed by atoms with Crippen LogP contribution in [0, 0.1) is 5.41 Å². The largest absolute Gasteiger partial charge is 0.369 e. The van der Waals surface area contributed by atoms with E-state index in [9.17, 15) is 4.79 Å². The summed E-state index contributed by atoms with van der Waals surface area (Å²) in [5.74, 6) is -0.163. The molecule has 0 bridgehead atoms. The molecular formula is C20H26N4O. The Bertz CT molecular complexity index is 677.